The minimum absolute atomic E-state index is 0.0840. The number of fused-ring (bicyclic) bond motifs is 1. The standard InChI is InChI=1S/C21H20N4O3/c26-20(16-13-15-3-1-2-4-18(15)28-21(16)27)25-11-9-24(10-12-25)19-8-7-17(22-23-19)14-5-6-14/h1-4,7-8,13-14H,5-6,9-12H2. The minimum atomic E-state index is -0.590. The summed E-state index contributed by atoms with van der Waals surface area (Å²) in [5, 5.41) is 9.43. The van der Waals surface area contributed by atoms with E-state index in [2.05, 4.69) is 21.2 Å². The molecule has 5 rings (SSSR count). The third kappa shape index (κ3) is 3.13. The molecule has 1 aliphatic carbocycles. The Balaban J connectivity index is 1.29. The molecule has 2 aliphatic rings. The number of hydrogen-bond acceptors (Lipinski definition) is 6. The van der Waals surface area contributed by atoms with Gasteiger partial charge in [-0.25, -0.2) is 4.79 Å². The van der Waals surface area contributed by atoms with Gasteiger partial charge in [0.25, 0.3) is 5.91 Å². The highest BCUT2D eigenvalue weighted by Gasteiger charge is 2.27. The molecule has 2 fully saturated rings. The van der Waals surface area contributed by atoms with E-state index in [4.69, 9.17) is 4.42 Å². The van der Waals surface area contributed by atoms with Crippen molar-refractivity contribution in [3.05, 3.63) is 64.1 Å². The zero-order chi connectivity index (χ0) is 19.1. The Labute approximate surface area is 161 Å². The van der Waals surface area contributed by atoms with Crippen molar-refractivity contribution in [3.8, 4) is 0 Å². The molecule has 142 valence electrons. The number of rotatable bonds is 3. The van der Waals surface area contributed by atoms with Gasteiger partial charge in [0, 0.05) is 37.5 Å². The molecule has 1 amide bonds. The molecule has 3 aromatic rings. The van der Waals surface area contributed by atoms with Crippen LogP contribution >= 0.6 is 0 Å². The van der Waals surface area contributed by atoms with Crippen molar-refractivity contribution >= 4 is 22.7 Å². The first-order chi connectivity index (χ1) is 13.7. The molecule has 0 unspecified atom stereocenters. The predicted octanol–water partition coefficient (Wildman–Crippen LogP) is 2.42. The molecule has 28 heavy (non-hydrogen) atoms. The van der Waals surface area contributed by atoms with E-state index >= 15 is 0 Å². The maximum atomic E-state index is 12.9. The third-order valence-electron chi connectivity index (χ3n) is 5.43. The van der Waals surface area contributed by atoms with Crippen LogP contribution in [0.4, 0.5) is 5.82 Å². The van der Waals surface area contributed by atoms with Crippen molar-refractivity contribution < 1.29 is 9.21 Å². The number of piperazine rings is 1. The molecule has 0 N–H and O–H groups in total. The molecule has 2 aromatic heterocycles. The van der Waals surface area contributed by atoms with E-state index < -0.39 is 5.63 Å². The Bertz CT molecular complexity index is 1080. The van der Waals surface area contributed by atoms with Crippen LogP contribution in [0.1, 0.15) is 34.8 Å². The lowest BCUT2D eigenvalue weighted by Crippen LogP contribution is -2.49. The fraction of sp³-hybridized carbons (Fsp3) is 0.333. The number of carbonyl (C=O) groups excluding carboxylic acids is 1. The van der Waals surface area contributed by atoms with Crippen LogP contribution < -0.4 is 10.5 Å². The number of amides is 1. The van der Waals surface area contributed by atoms with Gasteiger partial charge >= 0.3 is 5.63 Å². The highest BCUT2D eigenvalue weighted by Crippen LogP contribution is 2.38. The van der Waals surface area contributed by atoms with Gasteiger partial charge in [-0.05, 0) is 37.1 Å². The maximum absolute atomic E-state index is 12.9. The van der Waals surface area contributed by atoms with Crippen molar-refractivity contribution in [1.29, 1.82) is 0 Å². The zero-order valence-electron chi connectivity index (χ0n) is 15.4. The Morgan fingerprint density at radius 1 is 1.00 bits per heavy atom. The number of para-hydroxylation sites is 1. The summed E-state index contributed by atoms with van der Waals surface area (Å²) in [5.74, 6) is 1.14. The SMILES string of the molecule is O=C(c1cc2ccccc2oc1=O)N1CCN(c2ccc(C3CC3)nn2)CC1. The van der Waals surface area contributed by atoms with Crippen LogP contribution in [0.2, 0.25) is 0 Å². The van der Waals surface area contributed by atoms with Crippen molar-refractivity contribution in [2.45, 2.75) is 18.8 Å². The van der Waals surface area contributed by atoms with Crippen LogP contribution in [0.25, 0.3) is 11.0 Å². The molecule has 1 aromatic carbocycles. The maximum Gasteiger partial charge on any atom is 0.349 e. The largest absolute Gasteiger partial charge is 0.422 e. The second kappa shape index (κ2) is 6.74. The van der Waals surface area contributed by atoms with Gasteiger partial charge in [-0.1, -0.05) is 18.2 Å². The van der Waals surface area contributed by atoms with Crippen molar-refractivity contribution in [2.24, 2.45) is 0 Å². The molecule has 3 heterocycles. The molecule has 0 atom stereocenters. The van der Waals surface area contributed by atoms with Crippen molar-refractivity contribution in [2.75, 3.05) is 31.1 Å². The smallest absolute Gasteiger partial charge is 0.349 e. The van der Waals surface area contributed by atoms with Gasteiger partial charge in [-0.15, -0.1) is 5.10 Å². The third-order valence-corrected chi connectivity index (χ3v) is 5.43. The average Bonchev–Trinajstić information content (AvgIpc) is 3.58. The summed E-state index contributed by atoms with van der Waals surface area (Å²) in [5.41, 5.74) is 1.05. The Hall–Kier alpha value is -3.22. The number of benzene rings is 1. The van der Waals surface area contributed by atoms with Gasteiger partial charge in [0.2, 0.25) is 0 Å². The molecule has 0 spiro atoms. The predicted molar refractivity (Wildman–Crippen MR) is 105 cm³/mol. The fourth-order valence-corrected chi connectivity index (χ4v) is 3.62. The number of carbonyl (C=O) groups is 1. The first-order valence-corrected chi connectivity index (χ1v) is 9.60. The van der Waals surface area contributed by atoms with Crippen LogP contribution in [0, 0.1) is 0 Å². The van der Waals surface area contributed by atoms with Gasteiger partial charge in [-0.3, -0.25) is 4.79 Å². The van der Waals surface area contributed by atoms with Gasteiger partial charge in [0.15, 0.2) is 5.82 Å². The first kappa shape index (κ1) is 16.9. The van der Waals surface area contributed by atoms with Crippen LogP contribution in [0.3, 0.4) is 0 Å². The average molecular weight is 376 g/mol. The van der Waals surface area contributed by atoms with Crippen molar-refractivity contribution in [1.82, 2.24) is 15.1 Å². The Kier molecular flexibility index (Phi) is 4.07. The second-order valence-corrected chi connectivity index (χ2v) is 7.36. The van der Waals surface area contributed by atoms with Gasteiger partial charge in [-0.2, -0.15) is 5.10 Å². The molecule has 7 heteroatoms. The molecular weight excluding hydrogens is 356 g/mol. The second-order valence-electron chi connectivity index (χ2n) is 7.36. The summed E-state index contributed by atoms with van der Waals surface area (Å²) < 4.78 is 5.30. The minimum Gasteiger partial charge on any atom is -0.422 e. The van der Waals surface area contributed by atoms with Gasteiger partial charge in [0.1, 0.15) is 11.1 Å². The summed E-state index contributed by atoms with van der Waals surface area (Å²) in [6.45, 7) is 2.36. The summed E-state index contributed by atoms with van der Waals surface area (Å²) in [4.78, 5) is 28.9. The van der Waals surface area contributed by atoms with E-state index in [-0.39, 0.29) is 11.5 Å². The zero-order valence-corrected chi connectivity index (χ0v) is 15.4. The van der Waals surface area contributed by atoms with E-state index in [0.29, 0.717) is 37.7 Å². The highest BCUT2D eigenvalue weighted by atomic mass is 16.4. The van der Waals surface area contributed by atoms with Crippen molar-refractivity contribution in [3.63, 3.8) is 0 Å². The molecule has 1 aliphatic heterocycles. The summed E-state index contributed by atoms with van der Waals surface area (Å²) >= 11 is 0. The van der Waals surface area contributed by atoms with Gasteiger partial charge < -0.3 is 14.2 Å². The van der Waals surface area contributed by atoms with E-state index in [1.807, 2.05) is 18.2 Å². The molecule has 0 bridgehead atoms. The monoisotopic (exact) mass is 376 g/mol. The number of anilines is 1. The van der Waals surface area contributed by atoms with E-state index in [1.165, 1.54) is 12.8 Å². The summed E-state index contributed by atoms with van der Waals surface area (Å²) in [7, 11) is 0. The lowest BCUT2D eigenvalue weighted by Gasteiger charge is -2.35. The lowest BCUT2D eigenvalue weighted by atomic mass is 10.1. The molecular formula is C21H20N4O3. The first-order valence-electron chi connectivity index (χ1n) is 9.60. The quantitative estimate of drug-likeness (QED) is 0.653. The highest BCUT2D eigenvalue weighted by molar-refractivity contribution is 5.96. The summed E-state index contributed by atoms with van der Waals surface area (Å²) in [6, 6.07) is 12.9. The van der Waals surface area contributed by atoms with E-state index in [9.17, 15) is 9.59 Å². The molecule has 1 saturated heterocycles. The Morgan fingerprint density at radius 3 is 2.50 bits per heavy atom. The fourth-order valence-electron chi connectivity index (χ4n) is 3.62. The number of nitrogens with zero attached hydrogens (tertiary/aromatic N) is 4. The number of aromatic nitrogens is 2. The van der Waals surface area contributed by atoms with Crippen LogP contribution in [0.5, 0.6) is 0 Å². The number of hydrogen-bond donors (Lipinski definition) is 0. The Morgan fingerprint density at radius 2 is 1.79 bits per heavy atom. The van der Waals surface area contributed by atoms with E-state index in [0.717, 1.165) is 16.9 Å². The van der Waals surface area contributed by atoms with Crippen LogP contribution in [-0.4, -0.2) is 47.2 Å². The normalized spacial score (nSPS) is 17.1. The molecule has 1 saturated carbocycles. The lowest BCUT2D eigenvalue weighted by molar-refractivity contribution is 0.0742. The topological polar surface area (TPSA) is 79.5 Å². The van der Waals surface area contributed by atoms with E-state index in [1.54, 1.807) is 23.1 Å². The molecule has 7 nitrogen and oxygen atoms in total. The summed E-state index contributed by atoms with van der Waals surface area (Å²) in [6.07, 6.45) is 2.41. The van der Waals surface area contributed by atoms with Crippen LogP contribution in [0.15, 0.2) is 51.7 Å². The molecule has 0 radical (unpaired) electrons. The van der Waals surface area contributed by atoms with Crippen LogP contribution in [-0.2, 0) is 0 Å². The van der Waals surface area contributed by atoms with Gasteiger partial charge in [0.05, 0.1) is 5.69 Å².